The summed E-state index contributed by atoms with van der Waals surface area (Å²) in [7, 11) is -3.05. The van der Waals surface area contributed by atoms with Gasteiger partial charge in [0.1, 0.15) is 12.4 Å². The second-order valence-corrected chi connectivity index (χ2v) is 6.64. The van der Waals surface area contributed by atoms with Gasteiger partial charge in [0, 0.05) is 5.56 Å². The minimum absolute atomic E-state index is 0.0143. The van der Waals surface area contributed by atoms with Crippen molar-refractivity contribution in [3.63, 3.8) is 0 Å². The van der Waals surface area contributed by atoms with Crippen molar-refractivity contribution >= 4 is 16.4 Å². The molecule has 146 valence electrons. The van der Waals surface area contributed by atoms with Gasteiger partial charge in [-0.05, 0) is 36.2 Å². The predicted molar refractivity (Wildman–Crippen MR) is 95.3 cm³/mol. The molecule has 0 saturated heterocycles. The van der Waals surface area contributed by atoms with Crippen molar-refractivity contribution in [1.29, 1.82) is 0 Å². The number of oxime groups is 1. The average molecular weight is 401 g/mol. The molecule has 2 rings (SSSR count). The third-order valence-corrected chi connectivity index (χ3v) is 4.42. The summed E-state index contributed by atoms with van der Waals surface area (Å²) in [6.45, 7) is 1.75. The Hall–Kier alpha value is -2.55. The number of rotatable bonds is 8. The molecule has 1 unspecified atom stereocenters. The standard InChI is InChI=1S/C18H18F3NO4S/c1-2-16(27(23)24)26-22-17(18(19,20)21)14-8-10-15(11-9-14)25-12-13-6-4-3-5-7-13/h3-11,16,27H,2,12H2,1H3. The zero-order valence-electron chi connectivity index (χ0n) is 14.3. The Morgan fingerprint density at radius 1 is 1.07 bits per heavy atom. The Morgan fingerprint density at radius 2 is 1.70 bits per heavy atom. The molecule has 0 saturated carbocycles. The van der Waals surface area contributed by atoms with Crippen LogP contribution in [0.5, 0.6) is 5.75 Å². The van der Waals surface area contributed by atoms with Gasteiger partial charge in [0.15, 0.2) is 16.4 Å². The van der Waals surface area contributed by atoms with Gasteiger partial charge < -0.3 is 9.57 Å². The van der Waals surface area contributed by atoms with Crippen LogP contribution < -0.4 is 4.74 Å². The Morgan fingerprint density at radius 3 is 2.22 bits per heavy atom. The Kier molecular flexibility index (Phi) is 7.23. The second kappa shape index (κ2) is 9.40. The van der Waals surface area contributed by atoms with Gasteiger partial charge in [-0.25, -0.2) is 8.42 Å². The number of thiol groups is 1. The van der Waals surface area contributed by atoms with Crippen LogP contribution in [0.25, 0.3) is 0 Å². The van der Waals surface area contributed by atoms with E-state index < -0.39 is 28.0 Å². The lowest BCUT2D eigenvalue weighted by Crippen LogP contribution is -2.25. The molecule has 0 aliphatic rings. The maximum atomic E-state index is 13.2. The van der Waals surface area contributed by atoms with Crippen LogP contribution in [0.1, 0.15) is 24.5 Å². The summed E-state index contributed by atoms with van der Waals surface area (Å²) in [4.78, 5) is 4.57. The number of hydrogen-bond donors (Lipinski definition) is 1. The Balaban J connectivity index is 2.14. The van der Waals surface area contributed by atoms with Crippen LogP contribution in [0.2, 0.25) is 0 Å². The van der Waals surface area contributed by atoms with Crippen LogP contribution in [-0.4, -0.2) is 25.7 Å². The van der Waals surface area contributed by atoms with E-state index in [0.717, 1.165) is 5.56 Å². The van der Waals surface area contributed by atoms with E-state index in [2.05, 4.69) is 9.99 Å². The molecule has 0 fully saturated rings. The molecule has 0 amide bonds. The highest BCUT2D eigenvalue weighted by Crippen LogP contribution is 2.25. The van der Waals surface area contributed by atoms with E-state index in [1.165, 1.54) is 31.2 Å². The molecule has 2 aromatic rings. The topological polar surface area (TPSA) is 65.0 Å². The first-order valence-electron chi connectivity index (χ1n) is 8.03. The number of benzene rings is 2. The smallest absolute Gasteiger partial charge is 0.437 e. The van der Waals surface area contributed by atoms with Crippen LogP contribution in [0, 0.1) is 0 Å². The third kappa shape index (κ3) is 6.28. The van der Waals surface area contributed by atoms with E-state index in [1.807, 2.05) is 30.3 Å². The normalized spacial score (nSPS) is 13.4. The number of ether oxygens (including phenoxy) is 1. The van der Waals surface area contributed by atoms with Crippen LogP contribution in [0.4, 0.5) is 13.2 Å². The van der Waals surface area contributed by atoms with Gasteiger partial charge in [-0.15, -0.1) is 0 Å². The third-order valence-electron chi connectivity index (χ3n) is 3.49. The Bertz CT molecular complexity index is 826. The van der Waals surface area contributed by atoms with Crippen molar-refractivity contribution < 1.29 is 31.2 Å². The number of alkyl halides is 3. The van der Waals surface area contributed by atoms with Gasteiger partial charge in [0.25, 0.3) is 0 Å². The first kappa shape index (κ1) is 20.8. The predicted octanol–water partition coefficient (Wildman–Crippen LogP) is 3.90. The van der Waals surface area contributed by atoms with Crippen LogP contribution in [-0.2, 0) is 22.1 Å². The molecule has 2 aromatic carbocycles. The molecule has 0 heterocycles. The van der Waals surface area contributed by atoms with Gasteiger partial charge in [0.2, 0.25) is 5.44 Å². The molecule has 0 radical (unpaired) electrons. The van der Waals surface area contributed by atoms with Crippen LogP contribution in [0.3, 0.4) is 0 Å². The van der Waals surface area contributed by atoms with Crippen LogP contribution >= 0.6 is 0 Å². The van der Waals surface area contributed by atoms with Crippen molar-refractivity contribution in [3.8, 4) is 5.75 Å². The van der Waals surface area contributed by atoms with E-state index >= 15 is 0 Å². The van der Waals surface area contributed by atoms with Gasteiger partial charge >= 0.3 is 6.18 Å². The lowest BCUT2D eigenvalue weighted by Gasteiger charge is -2.13. The largest absolute Gasteiger partial charge is 0.489 e. The Labute approximate surface area is 156 Å². The fourth-order valence-corrected chi connectivity index (χ4v) is 2.52. The molecule has 0 bridgehead atoms. The van der Waals surface area contributed by atoms with Crippen molar-refractivity contribution in [2.45, 2.75) is 31.6 Å². The zero-order valence-corrected chi connectivity index (χ0v) is 15.2. The number of hydrogen-bond acceptors (Lipinski definition) is 5. The maximum absolute atomic E-state index is 13.2. The van der Waals surface area contributed by atoms with E-state index in [9.17, 15) is 21.6 Å². The molecule has 5 nitrogen and oxygen atoms in total. The van der Waals surface area contributed by atoms with Crippen molar-refractivity contribution in [1.82, 2.24) is 0 Å². The summed E-state index contributed by atoms with van der Waals surface area (Å²) in [6, 6.07) is 14.4. The first-order chi connectivity index (χ1) is 12.8. The van der Waals surface area contributed by atoms with E-state index in [0.29, 0.717) is 5.75 Å². The first-order valence-corrected chi connectivity index (χ1v) is 9.27. The van der Waals surface area contributed by atoms with Crippen LogP contribution in [0.15, 0.2) is 59.8 Å². The molecule has 0 N–H and O–H groups in total. The van der Waals surface area contributed by atoms with Gasteiger partial charge in [-0.3, -0.25) is 0 Å². The lowest BCUT2D eigenvalue weighted by molar-refractivity contribution is -0.0620. The average Bonchev–Trinajstić information content (AvgIpc) is 2.64. The van der Waals surface area contributed by atoms with Gasteiger partial charge in [0.05, 0.1) is 0 Å². The summed E-state index contributed by atoms with van der Waals surface area (Å²) in [5, 5.41) is 3.05. The van der Waals surface area contributed by atoms with Crippen molar-refractivity contribution in [2.75, 3.05) is 0 Å². The molecule has 27 heavy (non-hydrogen) atoms. The van der Waals surface area contributed by atoms with E-state index in [1.54, 1.807) is 0 Å². The fraction of sp³-hybridized carbons (Fsp3) is 0.278. The maximum Gasteiger partial charge on any atom is 0.437 e. The summed E-state index contributed by atoms with van der Waals surface area (Å²) >= 11 is 0. The summed E-state index contributed by atoms with van der Waals surface area (Å²) < 4.78 is 67.1. The zero-order chi connectivity index (χ0) is 19.9. The summed E-state index contributed by atoms with van der Waals surface area (Å²) in [5.74, 6) is 0.388. The molecule has 0 aliphatic heterocycles. The number of halogens is 3. The minimum atomic E-state index is -4.81. The molecule has 0 spiro atoms. The number of nitrogens with zero attached hydrogens (tertiary/aromatic N) is 1. The van der Waals surface area contributed by atoms with Crippen molar-refractivity contribution in [2.24, 2.45) is 5.16 Å². The molecule has 1 atom stereocenters. The molecular formula is C18H18F3NO4S. The minimum Gasteiger partial charge on any atom is -0.489 e. The van der Waals surface area contributed by atoms with Gasteiger partial charge in [-0.1, -0.05) is 42.4 Å². The van der Waals surface area contributed by atoms with E-state index in [4.69, 9.17) is 4.74 Å². The molecule has 0 aromatic heterocycles. The highest BCUT2D eigenvalue weighted by atomic mass is 32.2. The highest BCUT2D eigenvalue weighted by Gasteiger charge is 2.38. The lowest BCUT2D eigenvalue weighted by atomic mass is 10.1. The fourth-order valence-electron chi connectivity index (χ4n) is 2.09. The monoisotopic (exact) mass is 401 g/mol. The second-order valence-electron chi connectivity index (χ2n) is 5.49. The summed E-state index contributed by atoms with van der Waals surface area (Å²) in [6.07, 6.45) is -4.82. The van der Waals surface area contributed by atoms with Gasteiger partial charge in [-0.2, -0.15) is 13.2 Å². The highest BCUT2D eigenvalue weighted by molar-refractivity contribution is 7.72. The van der Waals surface area contributed by atoms with Crippen molar-refractivity contribution in [3.05, 3.63) is 65.7 Å². The quantitative estimate of drug-likeness (QED) is 0.414. The molecule has 0 aliphatic carbocycles. The SMILES string of the molecule is CCC(ON=C(c1ccc(OCc2ccccc2)cc1)C(F)(F)F)[SH](=O)=O. The molecule has 9 heteroatoms. The van der Waals surface area contributed by atoms with E-state index in [-0.39, 0.29) is 18.6 Å². The summed E-state index contributed by atoms with van der Waals surface area (Å²) in [5.41, 5.74) is -2.06. The molecular weight excluding hydrogens is 383 g/mol.